The van der Waals surface area contributed by atoms with Crippen LogP contribution in [0.2, 0.25) is 0 Å². The van der Waals surface area contributed by atoms with Crippen LogP contribution in [-0.2, 0) is 40.0 Å². The van der Waals surface area contributed by atoms with Gasteiger partial charge in [-0.2, -0.15) is 0 Å². The zero-order valence-corrected chi connectivity index (χ0v) is 18.9. The van der Waals surface area contributed by atoms with Crippen LogP contribution < -0.4 is 33.2 Å². The molecule has 1 heterocycles. The number of hydrogen-bond acceptors (Lipinski definition) is 9. The van der Waals surface area contributed by atoms with Gasteiger partial charge in [-0.05, 0) is 6.42 Å². The summed E-state index contributed by atoms with van der Waals surface area (Å²) >= 11 is 0. The third kappa shape index (κ3) is 10.6. The third-order valence-electron chi connectivity index (χ3n) is 4.67. The number of aliphatic carboxylic acids is 2. The van der Waals surface area contributed by atoms with Gasteiger partial charge in [0.15, 0.2) is 0 Å². The van der Waals surface area contributed by atoms with Crippen molar-refractivity contribution in [3.8, 4) is 0 Å². The lowest BCUT2D eigenvalue weighted by Crippen LogP contribution is -2.58. The molecule has 198 valence electrons. The smallest absolute Gasteiger partial charge is 0.326 e. The van der Waals surface area contributed by atoms with E-state index in [0.717, 1.165) is 0 Å². The van der Waals surface area contributed by atoms with Gasteiger partial charge in [-0.25, -0.2) is 9.78 Å². The molecule has 0 saturated carbocycles. The van der Waals surface area contributed by atoms with Gasteiger partial charge in [0.25, 0.3) is 0 Å². The Labute approximate surface area is 203 Å². The average molecular weight is 512 g/mol. The number of imidazole rings is 1. The molecule has 0 aliphatic carbocycles. The Kier molecular flexibility index (Phi) is 11.5. The summed E-state index contributed by atoms with van der Waals surface area (Å²) < 4.78 is 0. The van der Waals surface area contributed by atoms with Crippen LogP contribution in [0.15, 0.2) is 12.5 Å². The summed E-state index contributed by atoms with van der Waals surface area (Å²) in [7, 11) is 0. The Hall–Kier alpha value is -4.54. The predicted octanol–water partition coefficient (Wildman–Crippen LogP) is -4.57. The number of hydrogen-bond donors (Lipinski definition) is 9. The number of carboxylic acid groups (broad SMARTS) is 2. The molecule has 36 heavy (non-hydrogen) atoms. The van der Waals surface area contributed by atoms with Gasteiger partial charge in [-0.15, -0.1) is 0 Å². The topological polar surface area (TPSA) is 303 Å². The Bertz CT molecular complexity index is 982. The van der Waals surface area contributed by atoms with Gasteiger partial charge in [-0.3, -0.25) is 28.8 Å². The highest BCUT2D eigenvalue weighted by Crippen LogP contribution is 2.04. The molecule has 17 nitrogen and oxygen atoms in total. The van der Waals surface area contributed by atoms with Crippen LogP contribution in [0.5, 0.6) is 0 Å². The van der Waals surface area contributed by atoms with E-state index in [0.29, 0.717) is 5.69 Å². The lowest BCUT2D eigenvalue weighted by Gasteiger charge is -2.24. The van der Waals surface area contributed by atoms with Gasteiger partial charge in [0.2, 0.25) is 29.5 Å². The summed E-state index contributed by atoms with van der Waals surface area (Å²) in [6, 6.07) is -6.12. The number of aromatic amines is 1. The van der Waals surface area contributed by atoms with E-state index in [2.05, 4.69) is 25.9 Å². The van der Waals surface area contributed by atoms with Crippen molar-refractivity contribution in [2.24, 2.45) is 17.2 Å². The molecule has 0 saturated heterocycles. The molecule has 0 bridgehead atoms. The van der Waals surface area contributed by atoms with Crippen LogP contribution >= 0.6 is 0 Å². The highest BCUT2D eigenvalue weighted by Gasteiger charge is 2.32. The minimum Gasteiger partial charge on any atom is -0.481 e. The molecule has 1 rings (SSSR count). The summed E-state index contributed by atoms with van der Waals surface area (Å²) in [6.45, 7) is 0. The molecule has 1 aromatic heterocycles. The molecule has 4 unspecified atom stereocenters. The number of carbonyl (C=O) groups is 7. The van der Waals surface area contributed by atoms with Crippen molar-refractivity contribution in [1.29, 1.82) is 0 Å². The molecule has 0 aliphatic heterocycles. The molecule has 5 amide bonds. The van der Waals surface area contributed by atoms with E-state index in [1.54, 1.807) is 0 Å². The van der Waals surface area contributed by atoms with Crippen LogP contribution in [0, 0.1) is 0 Å². The maximum absolute atomic E-state index is 12.8. The molecule has 0 aliphatic rings. The van der Waals surface area contributed by atoms with Crippen LogP contribution in [0.4, 0.5) is 0 Å². The monoisotopic (exact) mass is 512 g/mol. The van der Waals surface area contributed by atoms with Crippen molar-refractivity contribution >= 4 is 41.5 Å². The summed E-state index contributed by atoms with van der Waals surface area (Å²) in [4.78, 5) is 89.1. The molecular formula is C19H28N8O9. The number of carboxylic acids is 2. The molecule has 17 heteroatoms. The van der Waals surface area contributed by atoms with E-state index < -0.39 is 91.3 Å². The van der Waals surface area contributed by atoms with E-state index in [1.165, 1.54) is 12.5 Å². The summed E-state index contributed by atoms with van der Waals surface area (Å²) in [5.74, 6) is -7.81. The number of amides is 5. The standard InChI is InChI=1S/C19H28N8O9/c20-9(4-13(21)28)16(32)25-10(1-2-15(30)31)17(33)26-11(5-14(22)29)18(34)27-12(19(35)36)3-8-6-23-7-24-8/h6-7,9-12H,1-5,20H2,(H2,21,28)(H2,22,29)(H,23,24)(H,25,32)(H,26,33)(H,27,34)(H,30,31)(H,35,36). The molecule has 0 radical (unpaired) electrons. The van der Waals surface area contributed by atoms with Crippen LogP contribution in [0.1, 0.15) is 31.4 Å². The first-order valence-electron chi connectivity index (χ1n) is 10.4. The molecular weight excluding hydrogens is 484 g/mol. The van der Waals surface area contributed by atoms with Crippen molar-refractivity contribution in [1.82, 2.24) is 25.9 Å². The van der Waals surface area contributed by atoms with Crippen LogP contribution in [0.25, 0.3) is 0 Å². The minimum absolute atomic E-state index is 0.201. The molecule has 12 N–H and O–H groups in total. The first-order valence-corrected chi connectivity index (χ1v) is 10.4. The third-order valence-corrected chi connectivity index (χ3v) is 4.67. The number of nitrogens with one attached hydrogen (secondary N) is 4. The van der Waals surface area contributed by atoms with Gasteiger partial charge in [-0.1, -0.05) is 0 Å². The lowest BCUT2D eigenvalue weighted by molar-refractivity contribution is -0.142. The molecule has 1 aromatic rings. The van der Waals surface area contributed by atoms with E-state index >= 15 is 0 Å². The van der Waals surface area contributed by atoms with Crippen molar-refractivity contribution in [3.63, 3.8) is 0 Å². The number of nitrogens with two attached hydrogens (primary N) is 3. The van der Waals surface area contributed by atoms with Crippen LogP contribution in [0.3, 0.4) is 0 Å². The SMILES string of the molecule is NC(=O)CC(N)C(=O)NC(CCC(=O)O)C(=O)NC(CC(N)=O)C(=O)NC(Cc1cnc[nH]1)C(=O)O. The number of primary amides is 2. The van der Waals surface area contributed by atoms with Crippen molar-refractivity contribution in [2.45, 2.75) is 56.3 Å². The minimum atomic E-state index is -1.66. The summed E-state index contributed by atoms with van der Waals surface area (Å²) in [5, 5.41) is 24.8. The largest absolute Gasteiger partial charge is 0.481 e. The fourth-order valence-electron chi connectivity index (χ4n) is 2.90. The highest BCUT2D eigenvalue weighted by atomic mass is 16.4. The van der Waals surface area contributed by atoms with Crippen LogP contribution in [-0.4, -0.2) is 85.8 Å². The van der Waals surface area contributed by atoms with E-state index in [-0.39, 0.29) is 6.42 Å². The van der Waals surface area contributed by atoms with Gasteiger partial charge < -0.3 is 48.3 Å². The molecule has 0 spiro atoms. The average Bonchev–Trinajstić information content (AvgIpc) is 3.27. The second-order valence-corrected chi connectivity index (χ2v) is 7.68. The second kappa shape index (κ2) is 14.0. The van der Waals surface area contributed by atoms with E-state index in [9.17, 15) is 38.7 Å². The maximum Gasteiger partial charge on any atom is 0.326 e. The summed E-state index contributed by atoms with van der Waals surface area (Å²) in [6.07, 6.45) is 0.109. The fourth-order valence-corrected chi connectivity index (χ4v) is 2.90. The Balaban J connectivity index is 3.02. The zero-order valence-electron chi connectivity index (χ0n) is 18.9. The quantitative estimate of drug-likeness (QED) is 0.101. The normalized spacial score (nSPS) is 13.9. The molecule has 0 aromatic carbocycles. The fraction of sp³-hybridized carbons (Fsp3) is 0.474. The highest BCUT2D eigenvalue weighted by molar-refractivity contribution is 5.96. The Morgan fingerprint density at radius 1 is 0.861 bits per heavy atom. The number of nitrogens with zero attached hydrogens (tertiary/aromatic N) is 1. The zero-order chi connectivity index (χ0) is 27.4. The number of aromatic nitrogens is 2. The van der Waals surface area contributed by atoms with Crippen molar-refractivity contribution in [2.75, 3.05) is 0 Å². The Morgan fingerprint density at radius 3 is 1.92 bits per heavy atom. The van der Waals surface area contributed by atoms with Crippen molar-refractivity contribution < 1.29 is 43.8 Å². The predicted molar refractivity (Wildman–Crippen MR) is 118 cm³/mol. The van der Waals surface area contributed by atoms with Crippen molar-refractivity contribution in [3.05, 3.63) is 18.2 Å². The van der Waals surface area contributed by atoms with Gasteiger partial charge in [0, 0.05) is 24.7 Å². The number of rotatable bonds is 16. The van der Waals surface area contributed by atoms with Gasteiger partial charge in [0.1, 0.15) is 18.1 Å². The molecule has 0 fully saturated rings. The van der Waals surface area contributed by atoms with E-state index in [4.69, 9.17) is 22.3 Å². The first-order chi connectivity index (χ1) is 16.8. The van der Waals surface area contributed by atoms with Gasteiger partial charge in [0.05, 0.1) is 25.2 Å². The lowest BCUT2D eigenvalue weighted by atomic mass is 10.1. The van der Waals surface area contributed by atoms with E-state index in [1.807, 2.05) is 0 Å². The summed E-state index contributed by atoms with van der Waals surface area (Å²) in [5.41, 5.74) is 16.0. The Morgan fingerprint density at radius 2 is 1.42 bits per heavy atom. The van der Waals surface area contributed by atoms with Gasteiger partial charge >= 0.3 is 11.9 Å². The number of H-pyrrole nitrogens is 1. The molecule has 4 atom stereocenters. The second-order valence-electron chi connectivity index (χ2n) is 7.68. The maximum atomic E-state index is 12.8. The first kappa shape index (κ1) is 29.5. The number of carbonyl (C=O) groups excluding carboxylic acids is 5.